The third-order valence-corrected chi connectivity index (χ3v) is 2.69. The summed E-state index contributed by atoms with van der Waals surface area (Å²) in [7, 11) is 0. The molecular formula is C14H21NO3. The Morgan fingerprint density at radius 2 is 2.22 bits per heavy atom. The Labute approximate surface area is 108 Å². The van der Waals surface area contributed by atoms with Gasteiger partial charge in [-0.15, -0.1) is 0 Å². The van der Waals surface area contributed by atoms with Crippen molar-refractivity contribution in [3.8, 4) is 0 Å². The van der Waals surface area contributed by atoms with E-state index < -0.39 is 0 Å². The quantitative estimate of drug-likeness (QED) is 0.761. The molecule has 0 atom stereocenters. The Kier molecular flexibility index (Phi) is 5.16. The topological polar surface area (TPSA) is 62.5 Å². The minimum atomic E-state index is -0.157. The summed E-state index contributed by atoms with van der Waals surface area (Å²) in [5, 5.41) is 11.7. The van der Waals surface area contributed by atoms with Crippen molar-refractivity contribution in [1.82, 2.24) is 5.32 Å². The van der Waals surface area contributed by atoms with Gasteiger partial charge in [-0.3, -0.25) is 4.79 Å². The van der Waals surface area contributed by atoms with Crippen LogP contribution in [0.3, 0.4) is 0 Å². The van der Waals surface area contributed by atoms with Crippen LogP contribution in [0.4, 0.5) is 0 Å². The second kappa shape index (κ2) is 6.40. The number of aliphatic hydroxyl groups excluding tert-OH is 1. The minimum Gasteiger partial charge on any atom is -0.462 e. The summed E-state index contributed by atoms with van der Waals surface area (Å²) in [5.41, 5.74) is -0.0977. The second-order valence-electron chi connectivity index (χ2n) is 5.14. The molecule has 0 saturated heterocycles. The summed E-state index contributed by atoms with van der Waals surface area (Å²) >= 11 is 0. The van der Waals surface area contributed by atoms with E-state index in [2.05, 4.69) is 5.32 Å². The lowest BCUT2D eigenvalue weighted by Crippen LogP contribution is -2.33. The molecule has 0 radical (unpaired) electrons. The van der Waals surface area contributed by atoms with Crippen LogP contribution in [0.2, 0.25) is 0 Å². The molecule has 0 bridgehead atoms. The first-order chi connectivity index (χ1) is 8.43. The lowest BCUT2D eigenvalue weighted by atomic mass is 9.90. The summed E-state index contributed by atoms with van der Waals surface area (Å²) in [6.45, 7) is 6.53. The van der Waals surface area contributed by atoms with Crippen molar-refractivity contribution in [1.29, 1.82) is 0 Å². The van der Waals surface area contributed by atoms with Crippen molar-refractivity contribution < 1.29 is 14.3 Å². The molecule has 0 aliphatic heterocycles. The van der Waals surface area contributed by atoms with Gasteiger partial charge in [-0.05, 0) is 37.0 Å². The van der Waals surface area contributed by atoms with Gasteiger partial charge in [0.15, 0.2) is 0 Å². The van der Waals surface area contributed by atoms with E-state index in [9.17, 15) is 4.79 Å². The van der Waals surface area contributed by atoms with E-state index in [1.165, 1.54) is 6.08 Å². The van der Waals surface area contributed by atoms with Crippen molar-refractivity contribution in [3.05, 3.63) is 29.7 Å². The molecule has 0 unspecified atom stereocenters. The van der Waals surface area contributed by atoms with Crippen molar-refractivity contribution >= 4 is 12.0 Å². The van der Waals surface area contributed by atoms with E-state index >= 15 is 0 Å². The van der Waals surface area contributed by atoms with E-state index in [4.69, 9.17) is 9.52 Å². The highest BCUT2D eigenvalue weighted by Crippen LogP contribution is 2.17. The summed E-state index contributed by atoms with van der Waals surface area (Å²) in [4.78, 5) is 11.6. The number of rotatable bonds is 6. The Morgan fingerprint density at radius 3 is 2.78 bits per heavy atom. The van der Waals surface area contributed by atoms with E-state index in [1.54, 1.807) is 6.08 Å². The molecule has 0 spiro atoms. The highest BCUT2D eigenvalue weighted by Gasteiger charge is 2.17. The molecule has 1 rings (SSSR count). The van der Waals surface area contributed by atoms with Crippen LogP contribution in [0.25, 0.3) is 6.08 Å². The summed E-state index contributed by atoms with van der Waals surface area (Å²) < 4.78 is 5.32. The zero-order valence-corrected chi connectivity index (χ0v) is 11.2. The van der Waals surface area contributed by atoms with Gasteiger partial charge in [0.25, 0.3) is 0 Å². The number of nitrogens with one attached hydrogen (secondary N) is 1. The Morgan fingerprint density at radius 1 is 1.50 bits per heavy atom. The van der Waals surface area contributed by atoms with Gasteiger partial charge in [0.2, 0.25) is 5.91 Å². The average molecular weight is 251 g/mol. The molecule has 0 aliphatic carbocycles. The van der Waals surface area contributed by atoms with Crippen LogP contribution in [-0.2, 0) is 4.79 Å². The molecule has 1 aromatic rings. The maximum Gasteiger partial charge on any atom is 0.244 e. The Bertz CT molecular complexity index is 418. The van der Waals surface area contributed by atoms with Crippen LogP contribution in [0, 0.1) is 12.3 Å². The SMILES string of the molecule is Cc1ccc(/C=C/C(=O)NCC(C)(C)CCO)o1. The monoisotopic (exact) mass is 251 g/mol. The zero-order valence-electron chi connectivity index (χ0n) is 11.2. The molecule has 100 valence electrons. The number of amides is 1. The van der Waals surface area contributed by atoms with Gasteiger partial charge in [-0.25, -0.2) is 0 Å². The zero-order chi connectivity index (χ0) is 13.6. The maximum atomic E-state index is 11.6. The fraction of sp³-hybridized carbons (Fsp3) is 0.500. The molecule has 4 nitrogen and oxygen atoms in total. The van der Waals surface area contributed by atoms with Gasteiger partial charge >= 0.3 is 0 Å². The number of carbonyl (C=O) groups excluding carboxylic acids is 1. The second-order valence-corrected chi connectivity index (χ2v) is 5.14. The molecule has 4 heteroatoms. The number of hydrogen-bond acceptors (Lipinski definition) is 3. The predicted octanol–water partition coefficient (Wildman–Crippen LogP) is 2.13. The van der Waals surface area contributed by atoms with Crippen molar-refractivity contribution in [2.45, 2.75) is 27.2 Å². The van der Waals surface area contributed by atoms with E-state index in [-0.39, 0.29) is 17.9 Å². The van der Waals surface area contributed by atoms with Crippen LogP contribution in [0.15, 0.2) is 22.6 Å². The summed E-state index contributed by atoms with van der Waals surface area (Å²) in [5.74, 6) is 1.33. The molecule has 0 saturated carbocycles. The highest BCUT2D eigenvalue weighted by atomic mass is 16.3. The number of carbonyl (C=O) groups is 1. The fourth-order valence-electron chi connectivity index (χ4n) is 1.48. The van der Waals surface area contributed by atoms with Crippen LogP contribution < -0.4 is 5.32 Å². The molecule has 1 amide bonds. The number of hydrogen-bond donors (Lipinski definition) is 2. The van der Waals surface area contributed by atoms with Gasteiger partial charge in [-0.1, -0.05) is 13.8 Å². The largest absolute Gasteiger partial charge is 0.462 e. The third-order valence-electron chi connectivity index (χ3n) is 2.69. The molecule has 18 heavy (non-hydrogen) atoms. The number of aliphatic hydroxyl groups is 1. The smallest absolute Gasteiger partial charge is 0.244 e. The molecule has 0 fully saturated rings. The summed E-state index contributed by atoms with van der Waals surface area (Å²) in [6, 6.07) is 3.66. The first-order valence-corrected chi connectivity index (χ1v) is 6.06. The van der Waals surface area contributed by atoms with E-state index in [1.807, 2.05) is 32.9 Å². The third kappa shape index (κ3) is 5.19. The van der Waals surface area contributed by atoms with E-state index in [0.29, 0.717) is 18.7 Å². The first-order valence-electron chi connectivity index (χ1n) is 6.06. The van der Waals surface area contributed by atoms with Gasteiger partial charge in [0, 0.05) is 19.2 Å². The molecule has 1 heterocycles. The average Bonchev–Trinajstić information content (AvgIpc) is 2.70. The van der Waals surface area contributed by atoms with Gasteiger partial charge < -0.3 is 14.8 Å². The minimum absolute atomic E-state index is 0.0977. The normalized spacial score (nSPS) is 12.0. The van der Waals surface area contributed by atoms with Crippen molar-refractivity contribution in [2.75, 3.05) is 13.2 Å². The van der Waals surface area contributed by atoms with E-state index in [0.717, 1.165) is 5.76 Å². The van der Waals surface area contributed by atoms with Gasteiger partial charge in [-0.2, -0.15) is 0 Å². The number of furan rings is 1. The Hall–Kier alpha value is -1.55. The van der Waals surface area contributed by atoms with Gasteiger partial charge in [0.1, 0.15) is 11.5 Å². The standard InChI is InChI=1S/C14H21NO3/c1-11-4-5-12(18-11)6-7-13(17)15-10-14(2,3)8-9-16/h4-7,16H,8-10H2,1-3H3,(H,15,17)/b7-6+. The van der Waals surface area contributed by atoms with Gasteiger partial charge in [0.05, 0.1) is 0 Å². The molecule has 0 aliphatic rings. The fourth-order valence-corrected chi connectivity index (χ4v) is 1.48. The van der Waals surface area contributed by atoms with Crippen LogP contribution >= 0.6 is 0 Å². The lowest BCUT2D eigenvalue weighted by Gasteiger charge is -2.23. The molecule has 0 aromatic carbocycles. The van der Waals surface area contributed by atoms with Crippen molar-refractivity contribution in [2.24, 2.45) is 5.41 Å². The molecule has 1 aromatic heterocycles. The number of aryl methyl sites for hydroxylation is 1. The maximum absolute atomic E-state index is 11.6. The van der Waals surface area contributed by atoms with Crippen LogP contribution in [0.1, 0.15) is 31.8 Å². The predicted molar refractivity (Wildman–Crippen MR) is 71.0 cm³/mol. The van der Waals surface area contributed by atoms with Crippen molar-refractivity contribution in [3.63, 3.8) is 0 Å². The lowest BCUT2D eigenvalue weighted by molar-refractivity contribution is -0.116. The molecule has 2 N–H and O–H groups in total. The summed E-state index contributed by atoms with van der Waals surface area (Å²) in [6.07, 6.45) is 3.75. The first kappa shape index (κ1) is 14.5. The van der Waals surface area contributed by atoms with Crippen LogP contribution in [0.5, 0.6) is 0 Å². The highest BCUT2D eigenvalue weighted by molar-refractivity contribution is 5.91. The Balaban J connectivity index is 2.40. The van der Waals surface area contributed by atoms with Crippen LogP contribution in [-0.4, -0.2) is 24.2 Å². The molecular weight excluding hydrogens is 230 g/mol.